The van der Waals surface area contributed by atoms with E-state index in [1.54, 1.807) is 12.1 Å². The zero-order chi connectivity index (χ0) is 27.1. The summed E-state index contributed by atoms with van der Waals surface area (Å²) < 4.78 is 54.3. The second-order valence-electron chi connectivity index (χ2n) is 10.3. The summed E-state index contributed by atoms with van der Waals surface area (Å²) in [5, 5.41) is -0.360. The lowest BCUT2D eigenvalue weighted by atomic mass is 9.89. The maximum atomic E-state index is 14.6. The van der Waals surface area contributed by atoms with E-state index in [0.29, 0.717) is 5.92 Å². The van der Waals surface area contributed by atoms with Crippen molar-refractivity contribution >= 4 is 16.7 Å². The summed E-state index contributed by atoms with van der Waals surface area (Å²) in [7, 11) is 0. The van der Waals surface area contributed by atoms with Crippen molar-refractivity contribution in [3.05, 3.63) is 99.9 Å². The van der Waals surface area contributed by atoms with E-state index in [4.69, 9.17) is 9.47 Å². The number of hydrogen-bond acceptors (Lipinski definition) is 3. The fraction of sp³-hybridized carbons (Fsp3) is 0.281. The highest BCUT2D eigenvalue weighted by Gasteiger charge is 2.22. The molecule has 0 bridgehead atoms. The minimum absolute atomic E-state index is 0.0220. The number of ether oxygens (including phenoxy) is 2. The van der Waals surface area contributed by atoms with Crippen molar-refractivity contribution in [1.82, 2.24) is 0 Å². The molecule has 38 heavy (non-hydrogen) atoms. The molecule has 1 aliphatic heterocycles. The van der Waals surface area contributed by atoms with Gasteiger partial charge in [-0.2, -0.15) is 0 Å². The van der Waals surface area contributed by atoms with Crippen LogP contribution in [0.4, 0.5) is 13.2 Å². The highest BCUT2D eigenvalue weighted by atomic mass is 19.1. The van der Waals surface area contributed by atoms with Gasteiger partial charge in [0.15, 0.2) is 0 Å². The molecule has 1 fully saturated rings. The first-order valence-corrected chi connectivity index (χ1v) is 12.8. The summed E-state index contributed by atoms with van der Waals surface area (Å²) in [4.78, 5) is 12.8. The number of benzene rings is 4. The third-order valence-electron chi connectivity index (χ3n) is 7.33. The molecule has 2 atom stereocenters. The Labute approximate surface area is 220 Å². The van der Waals surface area contributed by atoms with E-state index in [2.05, 4.69) is 32.9 Å². The molecule has 0 saturated carbocycles. The Balaban J connectivity index is 1.36. The van der Waals surface area contributed by atoms with Crippen molar-refractivity contribution in [1.29, 1.82) is 0 Å². The van der Waals surface area contributed by atoms with Crippen LogP contribution in [-0.2, 0) is 4.74 Å². The molecule has 0 amide bonds. The average Bonchev–Trinajstić information content (AvgIpc) is 2.87. The van der Waals surface area contributed by atoms with E-state index in [1.165, 1.54) is 18.6 Å². The summed E-state index contributed by atoms with van der Waals surface area (Å²) in [6, 6.07) is 14.5. The van der Waals surface area contributed by atoms with E-state index in [9.17, 15) is 18.0 Å². The van der Waals surface area contributed by atoms with E-state index < -0.39 is 23.4 Å². The Morgan fingerprint density at radius 2 is 1.58 bits per heavy atom. The van der Waals surface area contributed by atoms with Gasteiger partial charge in [0.05, 0.1) is 17.1 Å². The van der Waals surface area contributed by atoms with Gasteiger partial charge in [0.25, 0.3) is 0 Å². The van der Waals surface area contributed by atoms with Gasteiger partial charge in [-0.3, -0.25) is 0 Å². The Morgan fingerprint density at radius 3 is 2.21 bits per heavy atom. The SMILES string of the molecule is Cc1cc(C2CCC(C)CO2)cc(C)c1-c1ccc(C(=O)Oc2cc(F)c3c(F)c(C)c(F)cc3c2)cc1. The number of hydrogen-bond donors (Lipinski definition) is 0. The highest BCUT2D eigenvalue weighted by molar-refractivity contribution is 5.93. The molecule has 0 aliphatic carbocycles. The smallest absolute Gasteiger partial charge is 0.343 e. The van der Waals surface area contributed by atoms with Gasteiger partial charge in [-0.1, -0.05) is 31.2 Å². The number of fused-ring (bicyclic) bond motifs is 1. The van der Waals surface area contributed by atoms with Crippen molar-refractivity contribution in [3.8, 4) is 16.9 Å². The molecule has 1 saturated heterocycles. The molecule has 0 aromatic heterocycles. The van der Waals surface area contributed by atoms with E-state index in [-0.39, 0.29) is 33.8 Å². The van der Waals surface area contributed by atoms with E-state index >= 15 is 0 Å². The van der Waals surface area contributed by atoms with Gasteiger partial charge in [-0.25, -0.2) is 18.0 Å². The molecule has 3 nitrogen and oxygen atoms in total. The minimum atomic E-state index is -0.967. The number of halogens is 3. The molecular weight excluding hydrogens is 489 g/mol. The number of carbonyl (C=O) groups is 1. The van der Waals surface area contributed by atoms with Crippen molar-refractivity contribution in [2.45, 2.75) is 46.6 Å². The lowest BCUT2D eigenvalue weighted by Gasteiger charge is -2.28. The molecule has 6 heteroatoms. The van der Waals surface area contributed by atoms with Crippen LogP contribution in [-0.4, -0.2) is 12.6 Å². The van der Waals surface area contributed by atoms with Crippen LogP contribution in [0.3, 0.4) is 0 Å². The van der Waals surface area contributed by atoms with Gasteiger partial charge < -0.3 is 9.47 Å². The maximum absolute atomic E-state index is 14.6. The van der Waals surface area contributed by atoms with Crippen LogP contribution in [0.15, 0.2) is 54.6 Å². The second kappa shape index (κ2) is 10.3. The standard InChI is InChI=1S/C32H29F3O3/c1-17-5-10-28(37-16-17)23-11-18(2)29(19(3)12-23)21-6-8-22(9-7-21)32(36)38-25-13-24-14-26(33)20(4)31(35)30(24)27(34)15-25/h6-9,11-15,17,28H,5,10,16H2,1-4H3. The van der Waals surface area contributed by atoms with Crippen molar-refractivity contribution in [3.63, 3.8) is 0 Å². The Morgan fingerprint density at radius 1 is 0.895 bits per heavy atom. The molecule has 4 aromatic carbocycles. The third kappa shape index (κ3) is 4.93. The molecule has 2 unspecified atom stereocenters. The summed E-state index contributed by atoms with van der Waals surface area (Å²) in [6.07, 6.45) is 2.29. The van der Waals surface area contributed by atoms with Gasteiger partial charge in [0.2, 0.25) is 0 Å². The number of rotatable bonds is 4. The van der Waals surface area contributed by atoms with Gasteiger partial charge in [-0.15, -0.1) is 0 Å². The summed E-state index contributed by atoms with van der Waals surface area (Å²) in [6.45, 7) is 8.37. The van der Waals surface area contributed by atoms with Crippen molar-refractivity contribution in [2.24, 2.45) is 5.92 Å². The van der Waals surface area contributed by atoms with Gasteiger partial charge in [0.1, 0.15) is 23.2 Å². The van der Waals surface area contributed by atoms with Crippen LogP contribution in [0.5, 0.6) is 5.75 Å². The van der Waals surface area contributed by atoms with E-state index in [1.807, 2.05) is 12.1 Å². The fourth-order valence-electron chi connectivity index (χ4n) is 5.27. The molecule has 0 N–H and O–H groups in total. The molecule has 0 radical (unpaired) electrons. The fourth-order valence-corrected chi connectivity index (χ4v) is 5.27. The Kier molecular flexibility index (Phi) is 7.01. The van der Waals surface area contributed by atoms with Gasteiger partial charge in [-0.05, 0) is 97.0 Å². The monoisotopic (exact) mass is 518 g/mol. The van der Waals surface area contributed by atoms with Gasteiger partial charge >= 0.3 is 5.97 Å². The molecule has 1 aliphatic rings. The minimum Gasteiger partial charge on any atom is -0.423 e. The number of aryl methyl sites for hydroxylation is 2. The zero-order valence-corrected chi connectivity index (χ0v) is 21.8. The molecular formula is C32H29F3O3. The predicted octanol–water partition coefficient (Wildman–Crippen LogP) is 8.56. The van der Waals surface area contributed by atoms with Crippen LogP contribution < -0.4 is 4.74 Å². The molecule has 0 spiro atoms. The molecule has 5 rings (SSSR count). The molecule has 4 aromatic rings. The van der Waals surface area contributed by atoms with Crippen molar-refractivity contribution < 1.29 is 27.4 Å². The third-order valence-corrected chi connectivity index (χ3v) is 7.33. The summed E-state index contributed by atoms with van der Waals surface area (Å²) >= 11 is 0. The van der Waals surface area contributed by atoms with Crippen LogP contribution in [0, 0.1) is 44.1 Å². The van der Waals surface area contributed by atoms with Crippen LogP contribution in [0.25, 0.3) is 21.9 Å². The first-order valence-electron chi connectivity index (χ1n) is 12.8. The van der Waals surface area contributed by atoms with Crippen LogP contribution in [0.1, 0.15) is 58.5 Å². The molecule has 196 valence electrons. The predicted molar refractivity (Wildman–Crippen MR) is 142 cm³/mol. The Bertz CT molecular complexity index is 1510. The normalized spacial score (nSPS) is 17.6. The maximum Gasteiger partial charge on any atom is 0.343 e. The lowest BCUT2D eigenvalue weighted by Crippen LogP contribution is -2.18. The van der Waals surface area contributed by atoms with E-state index in [0.717, 1.165) is 53.8 Å². The average molecular weight is 519 g/mol. The molecule has 1 heterocycles. The largest absolute Gasteiger partial charge is 0.423 e. The van der Waals surface area contributed by atoms with Gasteiger partial charge in [0, 0.05) is 18.2 Å². The van der Waals surface area contributed by atoms with Crippen molar-refractivity contribution in [2.75, 3.05) is 6.61 Å². The zero-order valence-electron chi connectivity index (χ0n) is 21.8. The first-order chi connectivity index (χ1) is 18.1. The van der Waals surface area contributed by atoms with Crippen LogP contribution >= 0.6 is 0 Å². The quantitative estimate of drug-likeness (QED) is 0.201. The number of carbonyl (C=O) groups excluding carboxylic acids is 1. The Hall–Kier alpha value is -3.64. The topological polar surface area (TPSA) is 35.5 Å². The lowest BCUT2D eigenvalue weighted by molar-refractivity contribution is -0.0124. The highest BCUT2D eigenvalue weighted by Crippen LogP contribution is 2.36. The second-order valence-corrected chi connectivity index (χ2v) is 10.3. The van der Waals surface area contributed by atoms with Crippen LogP contribution in [0.2, 0.25) is 0 Å². The first kappa shape index (κ1) is 26.0. The summed E-state index contributed by atoms with van der Waals surface area (Å²) in [5.41, 5.74) is 5.49. The number of esters is 1. The summed E-state index contributed by atoms with van der Waals surface area (Å²) in [5.74, 6) is -2.93.